The zero-order valence-corrected chi connectivity index (χ0v) is 11.1. The smallest absolute Gasteiger partial charge is 0.410 e. The number of benzene rings is 1. The van der Waals surface area contributed by atoms with Gasteiger partial charge in [0.05, 0.1) is 7.11 Å². The molecule has 1 rings (SSSR count). The van der Waals surface area contributed by atoms with Crippen molar-refractivity contribution < 1.29 is 22.3 Å². The maximum absolute atomic E-state index is 13.6. The van der Waals surface area contributed by atoms with E-state index >= 15 is 0 Å². The predicted molar refractivity (Wildman–Crippen MR) is 64.7 cm³/mol. The topological polar surface area (TPSA) is 21.3 Å². The third-order valence-corrected chi connectivity index (χ3v) is 3.02. The Morgan fingerprint density at radius 2 is 1.89 bits per heavy atom. The van der Waals surface area contributed by atoms with E-state index in [1.807, 2.05) is 0 Å². The van der Waals surface area contributed by atoms with E-state index in [4.69, 9.17) is 4.74 Å². The van der Waals surface area contributed by atoms with Gasteiger partial charge in [0, 0.05) is 0 Å². The summed E-state index contributed by atoms with van der Waals surface area (Å²) < 4.78 is 57.9. The van der Waals surface area contributed by atoms with Gasteiger partial charge in [-0.2, -0.15) is 13.2 Å². The van der Waals surface area contributed by atoms with E-state index in [0.29, 0.717) is 6.42 Å². The number of rotatable bonds is 5. The van der Waals surface area contributed by atoms with Crippen molar-refractivity contribution in [2.24, 2.45) is 0 Å². The molecule has 1 aromatic carbocycles. The van der Waals surface area contributed by atoms with E-state index in [9.17, 15) is 17.6 Å². The Kier molecular flexibility index (Phi) is 4.79. The monoisotopic (exact) mass is 279 g/mol. The highest BCUT2D eigenvalue weighted by Crippen LogP contribution is 2.39. The van der Waals surface area contributed by atoms with E-state index in [1.165, 1.54) is 19.2 Å². The molecule has 0 bridgehead atoms. The number of hydrogen-bond acceptors (Lipinski definition) is 2. The van der Waals surface area contributed by atoms with E-state index < -0.39 is 17.5 Å². The highest BCUT2D eigenvalue weighted by Gasteiger charge is 2.52. The van der Waals surface area contributed by atoms with Crippen LogP contribution in [0, 0.1) is 5.82 Å². The van der Waals surface area contributed by atoms with Crippen LogP contribution < -0.4 is 10.1 Å². The molecule has 19 heavy (non-hydrogen) atoms. The van der Waals surface area contributed by atoms with Gasteiger partial charge in [-0.15, -0.1) is 0 Å². The standard InChI is InChI=1S/C13H17F4NO/c1-4-7-18-12(2,13(15,16)17)9-5-6-11(19-3)10(14)8-9/h5-6,8,18H,4,7H2,1-3H3. The Morgan fingerprint density at radius 3 is 2.32 bits per heavy atom. The van der Waals surface area contributed by atoms with Gasteiger partial charge in [-0.25, -0.2) is 4.39 Å². The second-order valence-corrected chi connectivity index (χ2v) is 4.40. The zero-order valence-electron chi connectivity index (χ0n) is 11.1. The highest BCUT2D eigenvalue weighted by molar-refractivity contribution is 5.34. The summed E-state index contributed by atoms with van der Waals surface area (Å²) in [5.41, 5.74) is -2.46. The Bertz CT molecular complexity index is 433. The van der Waals surface area contributed by atoms with Crippen LogP contribution in [0.5, 0.6) is 5.75 Å². The SMILES string of the molecule is CCCNC(C)(c1ccc(OC)c(F)c1)C(F)(F)F. The van der Waals surface area contributed by atoms with Gasteiger partial charge in [-0.05, 0) is 37.6 Å². The molecule has 0 aromatic heterocycles. The summed E-state index contributed by atoms with van der Waals surface area (Å²) in [5, 5.41) is 2.43. The third-order valence-electron chi connectivity index (χ3n) is 3.02. The number of hydrogen-bond donors (Lipinski definition) is 1. The molecule has 1 N–H and O–H groups in total. The molecule has 108 valence electrons. The molecule has 0 saturated heterocycles. The van der Waals surface area contributed by atoms with Crippen molar-refractivity contribution in [3.05, 3.63) is 29.6 Å². The van der Waals surface area contributed by atoms with Gasteiger partial charge in [-0.3, -0.25) is 0 Å². The van der Waals surface area contributed by atoms with Crippen molar-refractivity contribution in [2.75, 3.05) is 13.7 Å². The van der Waals surface area contributed by atoms with Crippen molar-refractivity contribution >= 4 is 0 Å². The molecule has 1 aromatic rings. The highest BCUT2D eigenvalue weighted by atomic mass is 19.4. The van der Waals surface area contributed by atoms with Gasteiger partial charge in [0.25, 0.3) is 0 Å². The van der Waals surface area contributed by atoms with Gasteiger partial charge in [0.1, 0.15) is 5.54 Å². The average Bonchev–Trinajstić information content (AvgIpc) is 2.34. The van der Waals surface area contributed by atoms with Crippen molar-refractivity contribution in [1.82, 2.24) is 5.32 Å². The molecule has 0 spiro atoms. The number of methoxy groups -OCH3 is 1. The molecule has 0 aliphatic heterocycles. The average molecular weight is 279 g/mol. The molecule has 0 heterocycles. The predicted octanol–water partition coefficient (Wildman–Crippen LogP) is 3.61. The molecule has 0 saturated carbocycles. The summed E-state index contributed by atoms with van der Waals surface area (Å²) in [6, 6.07) is 3.27. The minimum atomic E-state index is -4.52. The van der Waals surface area contributed by atoms with Gasteiger partial charge >= 0.3 is 6.18 Å². The first-order valence-electron chi connectivity index (χ1n) is 5.92. The molecule has 0 aliphatic rings. The van der Waals surface area contributed by atoms with Crippen molar-refractivity contribution in [2.45, 2.75) is 32.0 Å². The lowest BCUT2D eigenvalue weighted by molar-refractivity contribution is -0.195. The molecular weight excluding hydrogens is 262 g/mol. The maximum Gasteiger partial charge on any atom is 0.410 e. The first-order valence-corrected chi connectivity index (χ1v) is 5.92. The summed E-state index contributed by atoms with van der Waals surface area (Å²) in [5.74, 6) is -0.891. The van der Waals surface area contributed by atoms with Gasteiger partial charge in [0.2, 0.25) is 0 Å². The fraction of sp³-hybridized carbons (Fsp3) is 0.538. The molecule has 1 unspecified atom stereocenters. The summed E-state index contributed by atoms with van der Waals surface area (Å²) in [7, 11) is 1.26. The largest absolute Gasteiger partial charge is 0.494 e. The number of alkyl halides is 3. The minimum Gasteiger partial charge on any atom is -0.494 e. The lowest BCUT2D eigenvalue weighted by Crippen LogP contribution is -2.51. The van der Waals surface area contributed by atoms with Crippen molar-refractivity contribution in [3.63, 3.8) is 0 Å². The normalized spacial score (nSPS) is 15.1. The molecule has 0 fully saturated rings. The number of nitrogens with one attached hydrogen (secondary N) is 1. The van der Waals surface area contributed by atoms with E-state index in [2.05, 4.69) is 5.32 Å². The molecule has 6 heteroatoms. The first kappa shape index (κ1) is 15.8. The van der Waals surface area contributed by atoms with Crippen LogP contribution in [-0.2, 0) is 5.54 Å². The van der Waals surface area contributed by atoms with E-state index in [0.717, 1.165) is 13.0 Å². The van der Waals surface area contributed by atoms with Crippen molar-refractivity contribution in [3.8, 4) is 5.75 Å². The quantitative estimate of drug-likeness (QED) is 0.831. The fourth-order valence-corrected chi connectivity index (χ4v) is 1.72. The second-order valence-electron chi connectivity index (χ2n) is 4.40. The first-order chi connectivity index (χ1) is 8.76. The molecule has 0 radical (unpaired) electrons. The van der Waals surface area contributed by atoms with Crippen LogP contribution in [-0.4, -0.2) is 19.8 Å². The van der Waals surface area contributed by atoms with Crippen LogP contribution in [0.2, 0.25) is 0 Å². The molecule has 0 aliphatic carbocycles. The lowest BCUT2D eigenvalue weighted by Gasteiger charge is -2.33. The summed E-state index contributed by atoms with van der Waals surface area (Å²) in [4.78, 5) is 0. The summed E-state index contributed by atoms with van der Waals surface area (Å²) in [6.45, 7) is 2.95. The zero-order chi connectivity index (χ0) is 14.7. The fourth-order valence-electron chi connectivity index (χ4n) is 1.72. The summed E-state index contributed by atoms with van der Waals surface area (Å²) in [6.07, 6.45) is -3.98. The molecule has 1 atom stereocenters. The Hall–Kier alpha value is -1.30. The lowest BCUT2D eigenvalue weighted by atomic mass is 9.90. The van der Waals surface area contributed by atoms with Crippen molar-refractivity contribution in [1.29, 1.82) is 0 Å². The third kappa shape index (κ3) is 3.18. The van der Waals surface area contributed by atoms with Crippen LogP contribution >= 0.6 is 0 Å². The van der Waals surface area contributed by atoms with Gasteiger partial charge in [0.15, 0.2) is 11.6 Å². The maximum atomic E-state index is 13.6. The van der Waals surface area contributed by atoms with Crippen LogP contribution in [0.25, 0.3) is 0 Å². The molecule has 0 amide bonds. The van der Waals surface area contributed by atoms with Crippen LogP contribution in [0.4, 0.5) is 17.6 Å². The second kappa shape index (κ2) is 5.77. The Labute approximate surface area is 109 Å². The molecule has 2 nitrogen and oxygen atoms in total. The van der Waals surface area contributed by atoms with Gasteiger partial charge < -0.3 is 10.1 Å². The van der Waals surface area contributed by atoms with Crippen LogP contribution in [0.3, 0.4) is 0 Å². The van der Waals surface area contributed by atoms with Crippen LogP contribution in [0.1, 0.15) is 25.8 Å². The van der Waals surface area contributed by atoms with E-state index in [1.54, 1.807) is 6.92 Å². The minimum absolute atomic E-state index is 0.0798. The number of halogens is 4. The van der Waals surface area contributed by atoms with Crippen LogP contribution in [0.15, 0.2) is 18.2 Å². The Balaban J connectivity index is 3.22. The van der Waals surface area contributed by atoms with E-state index in [-0.39, 0.29) is 17.9 Å². The summed E-state index contributed by atoms with van der Waals surface area (Å²) >= 11 is 0. The number of ether oxygens (including phenoxy) is 1. The molecular formula is C13H17F4NO. The Morgan fingerprint density at radius 1 is 1.26 bits per heavy atom. The van der Waals surface area contributed by atoms with Gasteiger partial charge in [-0.1, -0.05) is 13.0 Å².